The molecule has 43 heavy (non-hydrogen) atoms. The Morgan fingerprint density at radius 3 is 2.33 bits per heavy atom. The van der Waals surface area contributed by atoms with Crippen molar-refractivity contribution < 1.29 is 14.3 Å². The summed E-state index contributed by atoms with van der Waals surface area (Å²) in [5.74, 6) is 4.75. The lowest BCUT2D eigenvalue weighted by atomic mass is 9.47. The van der Waals surface area contributed by atoms with Crippen LogP contribution in [0.5, 0.6) is 0 Å². The molecule has 0 radical (unpaired) electrons. The highest BCUT2D eigenvalue weighted by atomic mass is 16.5. The maximum atomic E-state index is 12.8. The average molecular weight is 600 g/mol. The zero-order valence-corrected chi connectivity index (χ0v) is 28.4. The van der Waals surface area contributed by atoms with Crippen LogP contribution < -0.4 is 11.5 Å². The Morgan fingerprint density at radius 2 is 1.65 bits per heavy atom. The van der Waals surface area contributed by atoms with Gasteiger partial charge in [-0.15, -0.1) is 0 Å². The quantitative estimate of drug-likeness (QED) is 0.153. The molecule has 0 heterocycles. The molecule has 8 atom stereocenters. The molecule has 4 rings (SSSR count). The number of esters is 1. The maximum absolute atomic E-state index is 12.8. The molecule has 0 aromatic carbocycles. The van der Waals surface area contributed by atoms with Gasteiger partial charge in [-0.2, -0.15) is 0 Å². The first-order chi connectivity index (χ1) is 20.5. The lowest BCUT2D eigenvalue weighted by Crippen LogP contribution is -2.51. The monoisotopic (exact) mass is 600 g/mol. The highest BCUT2D eigenvalue weighted by Gasteiger charge is 2.59. The molecule has 4 aliphatic carbocycles. The summed E-state index contributed by atoms with van der Waals surface area (Å²) in [7, 11) is 0. The molecule has 0 saturated heterocycles. The van der Waals surface area contributed by atoms with Crippen molar-refractivity contribution in [1.82, 2.24) is 4.90 Å². The van der Waals surface area contributed by atoms with E-state index >= 15 is 0 Å². The summed E-state index contributed by atoms with van der Waals surface area (Å²) in [6.07, 6.45) is 18.3. The van der Waals surface area contributed by atoms with Crippen molar-refractivity contribution in [3.8, 4) is 0 Å². The van der Waals surface area contributed by atoms with Gasteiger partial charge in [-0.25, -0.2) is 0 Å². The minimum absolute atomic E-state index is 0.000461. The number of fused-ring (bicyclic) bond motifs is 5. The van der Waals surface area contributed by atoms with E-state index in [4.69, 9.17) is 16.2 Å². The van der Waals surface area contributed by atoms with Crippen LogP contribution in [0.2, 0.25) is 0 Å². The average Bonchev–Trinajstić information content (AvgIpc) is 3.33. The number of ether oxygens (including phenoxy) is 1. The number of carbonyl (C=O) groups is 2. The largest absolute Gasteiger partial charge is 0.462 e. The summed E-state index contributed by atoms with van der Waals surface area (Å²) >= 11 is 0. The van der Waals surface area contributed by atoms with E-state index in [-0.39, 0.29) is 36.2 Å². The number of hydrogen-bond donors (Lipinski definition) is 2. The van der Waals surface area contributed by atoms with Gasteiger partial charge in [-0.3, -0.25) is 9.59 Å². The SMILES string of the molecule is CC(C)CCCC(C)[C@H]1CC[C@H]2[C@@H]3CC=C4C[C@@H](OC(=O)CCC(=O)N(CCCN)CCCN)CC[C@]4(C)[C@H]3CC[C@]12C. The summed E-state index contributed by atoms with van der Waals surface area (Å²) in [4.78, 5) is 27.4. The van der Waals surface area contributed by atoms with Gasteiger partial charge in [0.25, 0.3) is 0 Å². The van der Waals surface area contributed by atoms with Crippen molar-refractivity contribution in [2.45, 2.75) is 137 Å². The standard InChI is InChI=1S/C37H65N3O3/c1-26(2)9-6-10-27(3)31-13-14-32-30-12-11-28-25-29(17-19-36(28,4)33(30)18-20-37(31,32)5)43-35(42)16-15-34(41)40(23-7-21-38)24-8-22-39/h11,26-27,29-33H,6-10,12-25,38-39H2,1-5H3/t27?,29-,30-,31+,32-,33-,36-,37+/m0/s1. The lowest BCUT2D eigenvalue weighted by Gasteiger charge is -2.58. The molecule has 0 aromatic heterocycles. The maximum Gasteiger partial charge on any atom is 0.306 e. The van der Waals surface area contributed by atoms with E-state index in [0.29, 0.717) is 31.6 Å². The zero-order valence-electron chi connectivity index (χ0n) is 28.4. The first-order valence-electron chi connectivity index (χ1n) is 18.1. The molecular weight excluding hydrogens is 534 g/mol. The van der Waals surface area contributed by atoms with Crippen LogP contribution in [0.25, 0.3) is 0 Å². The topological polar surface area (TPSA) is 98.7 Å². The zero-order chi connectivity index (χ0) is 31.2. The van der Waals surface area contributed by atoms with Crippen molar-refractivity contribution in [3.05, 3.63) is 11.6 Å². The fourth-order valence-electron chi connectivity index (χ4n) is 10.3. The number of rotatable bonds is 15. The highest BCUT2D eigenvalue weighted by molar-refractivity contribution is 5.81. The van der Waals surface area contributed by atoms with Crippen molar-refractivity contribution in [1.29, 1.82) is 0 Å². The third-order valence-electron chi connectivity index (χ3n) is 12.7. The fraction of sp³-hybridized carbons (Fsp3) is 0.892. The second-order valence-electron chi connectivity index (χ2n) is 15.8. The number of amides is 1. The molecule has 4 N–H and O–H groups in total. The second kappa shape index (κ2) is 15.3. The molecule has 0 aliphatic heterocycles. The van der Waals surface area contributed by atoms with Crippen molar-refractivity contribution in [2.75, 3.05) is 26.2 Å². The summed E-state index contributed by atoms with van der Waals surface area (Å²) < 4.78 is 6.00. The fourth-order valence-corrected chi connectivity index (χ4v) is 10.3. The number of nitrogens with two attached hydrogens (primary N) is 2. The van der Waals surface area contributed by atoms with Gasteiger partial charge < -0.3 is 21.1 Å². The Balaban J connectivity index is 1.31. The Hall–Kier alpha value is -1.40. The summed E-state index contributed by atoms with van der Waals surface area (Å²) in [5.41, 5.74) is 13.6. The van der Waals surface area contributed by atoms with Crippen molar-refractivity contribution in [3.63, 3.8) is 0 Å². The highest BCUT2D eigenvalue weighted by Crippen LogP contribution is 2.67. The van der Waals surface area contributed by atoms with Gasteiger partial charge >= 0.3 is 5.97 Å². The predicted octanol–water partition coefficient (Wildman–Crippen LogP) is 7.25. The molecule has 3 saturated carbocycles. The number of hydrogen-bond acceptors (Lipinski definition) is 5. The molecule has 246 valence electrons. The van der Waals surface area contributed by atoms with E-state index in [1.807, 2.05) is 0 Å². The molecule has 1 amide bonds. The first kappa shape index (κ1) is 34.5. The smallest absolute Gasteiger partial charge is 0.306 e. The molecule has 0 spiro atoms. The second-order valence-corrected chi connectivity index (χ2v) is 15.8. The van der Waals surface area contributed by atoms with E-state index in [1.54, 1.807) is 10.5 Å². The van der Waals surface area contributed by atoms with Crippen LogP contribution in [0.4, 0.5) is 0 Å². The minimum Gasteiger partial charge on any atom is -0.462 e. The van der Waals surface area contributed by atoms with Crippen LogP contribution in [-0.2, 0) is 14.3 Å². The van der Waals surface area contributed by atoms with E-state index in [2.05, 4.69) is 40.7 Å². The van der Waals surface area contributed by atoms with Gasteiger partial charge in [0.15, 0.2) is 0 Å². The third kappa shape index (κ3) is 7.88. The Kier molecular flexibility index (Phi) is 12.2. The summed E-state index contributed by atoms with van der Waals surface area (Å²) in [5, 5.41) is 0. The predicted molar refractivity (Wildman–Crippen MR) is 176 cm³/mol. The van der Waals surface area contributed by atoms with E-state index in [0.717, 1.165) is 67.6 Å². The number of carbonyl (C=O) groups excluding carboxylic acids is 2. The van der Waals surface area contributed by atoms with Crippen molar-refractivity contribution >= 4 is 11.9 Å². The molecule has 6 nitrogen and oxygen atoms in total. The Morgan fingerprint density at radius 1 is 0.930 bits per heavy atom. The number of nitrogens with zero attached hydrogens (tertiary/aromatic N) is 1. The molecule has 1 unspecified atom stereocenters. The van der Waals surface area contributed by atoms with Gasteiger partial charge in [-0.05, 0) is 117 Å². The van der Waals surface area contributed by atoms with E-state index in [9.17, 15) is 9.59 Å². The van der Waals surface area contributed by atoms with Crippen LogP contribution in [0.15, 0.2) is 11.6 Å². The van der Waals surface area contributed by atoms with E-state index < -0.39 is 0 Å². The molecule has 0 bridgehead atoms. The van der Waals surface area contributed by atoms with Crippen LogP contribution in [0.3, 0.4) is 0 Å². The summed E-state index contributed by atoms with van der Waals surface area (Å²) in [6, 6.07) is 0. The van der Waals surface area contributed by atoms with Crippen LogP contribution >= 0.6 is 0 Å². The molecule has 6 heteroatoms. The molecule has 0 aromatic rings. The minimum atomic E-state index is -0.234. The Bertz CT molecular complexity index is 957. The Labute approximate surface area is 263 Å². The van der Waals surface area contributed by atoms with Gasteiger partial charge in [0.2, 0.25) is 5.91 Å². The summed E-state index contributed by atoms with van der Waals surface area (Å²) in [6.45, 7) is 14.8. The number of allylic oxidation sites excluding steroid dienone is 1. The molecule has 3 fully saturated rings. The normalized spacial score (nSPS) is 34.1. The van der Waals surface area contributed by atoms with Gasteiger partial charge in [0.1, 0.15) is 6.10 Å². The first-order valence-corrected chi connectivity index (χ1v) is 18.1. The van der Waals surface area contributed by atoms with Crippen molar-refractivity contribution in [2.24, 2.45) is 57.8 Å². The molecular formula is C37H65N3O3. The van der Waals surface area contributed by atoms with Gasteiger partial charge in [0.05, 0.1) is 6.42 Å². The van der Waals surface area contributed by atoms with E-state index in [1.165, 1.54) is 51.4 Å². The van der Waals surface area contributed by atoms with Crippen LogP contribution in [-0.4, -0.2) is 49.1 Å². The lowest BCUT2D eigenvalue weighted by molar-refractivity contribution is -0.153. The van der Waals surface area contributed by atoms with Crippen LogP contribution in [0, 0.1) is 46.3 Å². The van der Waals surface area contributed by atoms with Crippen LogP contribution in [0.1, 0.15) is 131 Å². The van der Waals surface area contributed by atoms with Gasteiger partial charge in [-0.1, -0.05) is 65.5 Å². The van der Waals surface area contributed by atoms with Gasteiger partial charge in [0, 0.05) is 25.9 Å². The third-order valence-corrected chi connectivity index (χ3v) is 12.7. The molecule has 4 aliphatic rings.